The van der Waals surface area contributed by atoms with Crippen LogP contribution in [0.15, 0.2) is 53.5 Å². The Hall–Kier alpha value is -2.10. The first-order valence-corrected chi connectivity index (χ1v) is 8.17. The first kappa shape index (κ1) is 22.9. The van der Waals surface area contributed by atoms with E-state index in [1.54, 1.807) is 19.2 Å². The first-order valence-electron chi connectivity index (χ1n) is 8.17. The molecule has 1 unspecified atom stereocenters. The van der Waals surface area contributed by atoms with Crippen molar-refractivity contribution in [3.05, 3.63) is 59.7 Å². The molecule has 0 heterocycles. The van der Waals surface area contributed by atoms with Gasteiger partial charge in [-0.05, 0) is 30.2 Å². The van der Waals surface area contributed by atoms with Crippen molar-refractivity contribution in [1.82, 2.24) is 10.6 Å². The second-order valence-electron chi connectivity index (χ2n) is 5.57. The molecule has 27 heavy (non-hydrogen) atoms. The largest absolute Gasteiger partial charge is 0.493 e. The zero-order valence-electron chi connectivity index (χ0n) is 15.4. The van der Waals surface area contributed by atoms with Crippen molar-refractivity contribution < 1.29 is 18.3 Å². The van der Waals surface area contributed by atoms with E-state index < -0.39 is 6.61 Å². The first-order chi connectivity index (χ1) is 12.5. The van der Waals surface area contributed by atoms with E-state index in [9.17, 15) is 8.78 Å². The Morgan fingerprint density at radius 1 is 1.11 bits per heavy atom. The summed E-state index contributed by atoms with van der Waals surface area (Å²) in [6, 6.07) is 14.9. The predicted octanol–water partition coefficient (Wildman–Crippen LogP) is 4.34. The maximum Gasteiger partial charge on any atom is 0.387 e. The third-order valence-electron chi connectivity index (χ3n) is 3.78. The van der Waals surface area contributed by atoms with Gasteiger partial charge in [0.05, 0.1) is 13.2 Å². The van der Waals surface area contributed by atoms with Gasteiger partial charge in [0, 0.05) is 13.6 Å². The van der Waals surface area contributed by atoms with Crippen LogP contribution in [0.1, 0.15) is 24.1 Å². The smallest absolute Gasteiger partial charge is 0.387 e. The Morgan fingerprint density at radius 2 is 1.81 bits per heavy atom. The zero-order valence-corrected chi connectivity index (χ0v) is 17.7. The fraction of sp³-hybridized carbons (Fsp3) is 0.316. The van der Waals surface area contributed by atoms with E-state index in [2.05, 4.69) is 20.4 Å². The Morgan fingerprint density at radius 3 is 2.41 bits per heavy atom. The Kier molecular flexibility index (Phi) is 9.84. The molecule has 0 amide bonds. The predicted molar refractivity (Wildman–Crippen MR) is 113 cm³/mol. The van der Waals surface area contributed by atoms with Crippen molar-refractivity contribution in [1.29, 1.82) is 0 Å². The fourth-order valence-corrected chi connectivity index (χ4v) is 2.43. The van der Waals surface area contributed by atoms with Gasteiger partial charge in [0.15, 0.2) is 17.5 Å². The Labute approximate surface area is 175 Å². The molecule has 0 saturated carbocycles. The molecule has 148 valence electrons. The van der Waals surface area contributed by atoms with Crippen molar-refractivity contribution >= 4 is 29.9 Å². The summed E-state index contributed by atoms with van der Waals surface area (Å²) in [4.78, 5) is 4.19. The summed E-state index contributed by atoms with van der Waals surface area (Å²) in [5.41, 5.74) is 1.89. The minimum absolute atomic E-state index is 0. The summed E-state index contributed by atoms with van der Waals surface area (Å²) in [5, 5.41) is 6.44. The van der Waals surface area contributed by atoms with E-state index >= 15 is 0 Å². The Bertz CT molecular complexity index is 730. The summed E-state index contributed by atoms with van der Waals surface area (Å²) >= 11 is 0. The molecule has 5 nitrogen and oxygen atoms in total. The van der Waals surface area contributed by atoms with Crippen LogP contribution in [0, 0.1) is 0 Å². The number of nitrogens with zero attached hydrogens (tertiary/aromatic N) is 1. The molecule has 0 saturated heterocycles. The van der Waals surface area contributed by atoms with Crippen molar-refractivity contribution in [3.63, 3.8) is 0 Å². The highest BCUT2D eigenvalue weighted by molar-refractivity contribution is 14.0. The molecule has 0 aromatic heterocycles. The van der Waals surface area contributed by atoms with Gasteiger partial charge >= 0.3 is 6.61 Å². The van der Waals surface area contributed by atoms with E-state index in [0.29, 0.717) is 12.5 Å². The summed E-state index contributed by atoms with van der Waals surface area (Å²) < 4.78 is 34.6. The number of halogens is 3. The van der Waals surface area contributed by atoms with Gasteiger partial charge in [0.2, 0.25) is 0 Å². The quantitative estimate of drug-likeness (QED) is 0.344. The Balaban J connectivity index is 0.00000364. The summed E-state index contributed by atoms with van der Waals surface area (Å²) in [7, 11) is 3.08. The maximum atomic E-state index is 12.5. The van der Waals surface area contributed by atoms with Crippen molar-refractivity contribution in [2.45, 2.75) is 26.1 Å². The maximum absolute atomic E-state index is 12.5. The molecule has 0 spiro atoms. The average molecular weight is 491 g/mol. The zero-order chi connectivity index (χ0) is 18.9. The third kappa shape index (κ3) is 7.20. The van der Waals surface area contributed by atoms with Crippen molar-refractivity contribution in [3.8, 4) is 11.5 Å². The van der Waals surface area contributed by atoms with Crippen molar-refractivity contribution in [2.24, 2.45) is 4.99 Å². The number of guanidine groups is 1. The average Bonchev–Trinajstić information content (AvgIpc) is 2.65. The third-order valence-corrected chi connectivity index (χ3v) is 3.78. The highest BCUT2D eigenvalue weighted by Crippen LogP contribution is 2.29. The van der Waals surface area contributed by atoms with Gasteiger partial charge in [-0.15, -0.1) is 24.0 Å². The number of hydrogen-bond donors (Lipinski definition) is 2. The monoisotopic (exact) mass is 491 g/mol. The molecule has 0 bridgehead atoms. The molecule has 0 aliphatic heterocycles. The minimum Gasteiger partial charge on any atom is -0.493 e. The van der Waals surface area contributed by atoms with Crippen LogP contribution in [0.4, 0.5) is 8.78 Å². The summed E-state index contributed by atoms with van der Waals surface area (Å²) in [6.07, 6.45) is 0. The number of ether oxygens (including phenoxy) is 2. The molecular weight excluding hydrogens is 467 g/mol. The van der Waals surface area contributed by atoms with Crippen LogP contribution in [0.5, 0.6) is 11.5 Å². The molecule has 0 fully saturated rings. The number of hydrogen-bond acceptors (Lipinski definition) is 3. The summed E-state index contributed by atoms with van der Waals surface area (Å²) in [5.74, 6) is 0.866. The van der Waals surface area contributed by atoms with Crippen LogP contribution in [-0.2, 0) is 6.54 Å². The summed E-state index contributed by atoms with van der Waals surface area (Å²) in [6.45, 7) is -0.483. The molecule has 2 aromatic rings. The van der Waals surface area contributed by atoms with Crippen LogP contribution in [-0.4, -0.2) is 26.7 Å². The van der Waals surface area contributed by atoms with Crippen molar-refractivity contribution in [2.75, 3.05) is 14.2 Å². The lowest BCUT2D eigenvalue weighted by Gasteiger charge is -2.18. The molecular formula is C19H24F2IN3O2. The second kappa shape index (κ2) is 11.6. The highest BCUT2D eigenvalue weighted by atomic mass is 127. The van der Waals surface area contributed by atoms with Gasteiger partial charge in [-0.1, -0.05) is 36.4 Å². The van der Waals surface area contributed by atoms with E-state index in [1.807, 2.05) is 37.3 Å². The van der Waals surface area contributed by atoms with Crippen LogP contribution >= 0.6 is 24.0 Å². The van der Waals surface area contributed by atoms with Gasteiger partial charge < -0.3 is 20.1 Å². The van der Waals surface area contributed by atoms with Gasteiger partial charge in [0.1, 0.15) is 0 Å². The molecule has 1 atom stereocenters. The van der Waals surface area contributed by atoms with E-state index in [0.717, 1.165) is 11.1 Å². The van der Waals surface area contributed by atoms with Crippen LogP contribution in [0.3, 0.4) is 0 Å². The molecule has 0 radical (unpaired) electrons. The van der Waals surface area contributed by atoms with Crippen LogP contribution in [0.2, 0.25) is 0 Å². The number of aliphatic imine (C=N–C) groups is 1. The lowest BCUT2D eigenvalue weighted by molar-refractivity contribution is -0.0512. The SMILES string of the molecule is CN=C(NCc1ccc(OC)c(OC(F)F)c1)NC(C)c1ccccc1.I. The van der Waals surface area contributed by atoms with E-state index in [1.165, 1.54) is 13.2 Å². The van der Waals surface area contributed by atoms with Gasteiger partial charge in [-0.25, -0.2) is 0 Å². The van der Waals surface area contributed by atoms with E-state index in [4.69, 9.17) is 4.74 Å². The van der Waals surface area contributed by atoms with Crippen LogP contribution < -0.4 is 20.1 Å². The molecule has 0 aliphatic carbocycles. The lowest BCUT2D eigenvalue weighted by atomic mass is 10.1. The molecule has 2 N–H and O–H groups in total. The fourth-order valence-electron chi connectivity index (χ4n) is 2.43. The second-order valence-corrected chi connectivity index (χ2v) is 5.57. The molecule has 2 aromatic carbocycles. The topological polar surface area (TPSA) is 54.9 Å². The van der Waals surface area contributed by atoms with Gasteiger partial charge in [0.25, 0.3) is 0 Å². The molecule has 0 aliphatic rings. The van der Waals surface area contributed by atoms with Crippen LogP contribution in [0.25, 0.3) is 0 Å². The number of benzene rings is 2. The number of methoxy groups -OCH3 is 1. The highest BCUT2D eigenvalue weighted by Gasteiger charge is 2.12. The van der Waals surface area contributed by atoms with Gasteiger partial charge in [-0.2, -0.15) is 8.78 Å². The molecule has 8 heteroatoms. The normalized spacial score (nSPS) is 12.1. The molecule has 2 rings (SSSR count). The van der Waals surface area contributed by atoms with E-state index in [-0.39, 0.29) is 41.5 Å². The number of nitrogens with one attached hydrogen (secondary N) is 2. The number of alkyl halides is 2. The number of rotatable bonds is 7. The minimum atomic E-state index is -2.91. The van der Waals surface area contributed by atoms with Gasteiger partial charge in [-0.3, -0.25) is 4.99 Å². The lowest BCUT2D eigenvalue weighted by Crippen LogP contribution is -2.38. The standard InChI is InChI=1S/C19H23F2N3O2.HI/c1-13(15-7-5-4-6-8-15)24-19(22-2)23-12-14-9-10-16(25-3)17(11-14)26-18(20)21;/h4-11,13,18H,12H2,1-3H3,(H2,22,23,24);1H.